The number of benzene rings is 3. The Bertz CT molecular complexity index is 1200. The first-order chi connectivity index (χ1) is 15.7. The number of hydrogen-bond donors (Lipinski definition) is 0. The Morgan fingerprint density at radius 1 is 1.00 bits per heavy atom. The monoisotopic (exact) mass is 475 g/mol. The first kappa shape index (κ1) is 23.0. The quantitative estimate of drug-likeness (QED) is 0.453. The van der Waals surface area contributed by atoms with Gasteiger partial charge in [0, 0.05) is 11.6 Å². The third-order valence-corrected chi connectivity index (χ3v) is 6.00. The zero-order valence-corrected chi connectivity index (χ0v) is 18.7. The van der Waals surface area contributed by atoms with Crippen LogP contribution in [0.25, 0.3) is 0 Å². The van der Waals surface area contributed by atoms with E-state index >= 15 is 0 Å². The molecule has 4 nitrogen and oxygen atoms in total. The van der Waals surface area contributed by atoms with E-state index in [4.69, 9.17) is 21.1 Å². The predicted octanol–water partition coefficient (Wildman–Crippen LogP) is 6.16. The Hall–Kier alpha value is -3.19. The Kier molecular flexibility index (Phi) is 6.26. The highest BCUT2D eigenvalue weighted by atomic mass is 35.5. The average Bonchev–Trinajstić information content (AvgIpc) is 2.81. The van der Waals surface area contributed by atoms with E-state index in [1.807, 2.05) is 6.07 Å². The van der Waals surface area contributed by atoms with Gasteiger partial charge in [-0.2, -0.15) is 13.2 Å². The summed E-state index contributed by atoms with van der Waals surface area (Å²) in [7, 11) is 3.04. The number of nitrogens with zero attached hydrogens (tertiary/aromatic N) is 1. The van der Waals surface area contributed by atoms with Crippen LogP contribution in [-0.2, 0) is 12.6 Å². The van der Waals surface area contributed by atoms with Crippen LogP contribution in [0.4, 0.5) is 13.2 Å². The molecule has 3 aromatic carbocycles. The minimum atomic E-state index is -4.65. The number of ether oxygens (including phenoxy) is 2. The van der Waals surface area contributed by atoms with Crippen LogP contribution in [0.1, 0.15) is 38.7 Å². The standard InChI is InChI=1S/C25H21ClF3NO3/c1-32-21-13-15-10-11-30(24(31)18-8-3-4-9-20(18)25(27,28)29)23(19(15)14-22(21)33-2)16-6-5-7-17(26)12-16/h3-9,12-14,23H,10-11H2,1-2H3/t23-/m0/s1. The second kappa shape index (κ2) is 8.98. The van der Waals surface area contributed by atoms with Crippen molar-refractivity contribution in [2.24, 2.45) is 0 Å². The molecule has 3 aromatic rings. The molecule has 8 heteroatoms. The van der Waals surface area contributed by atoms with Crippen LogP contribution in [0.3, 0.4) is 0 Å². The van der Waals surface area contributed by atoms with Gasteiger partial charge in [-0.1, -0.05) is 35.9 Å². The lowest BCUT2D eigenvalue weighted by Crippen LogP contribution is -2.41. The Labute approximate surface area is 194 Å². The van der Waals surface area contributed by atoms with Gasteiger partial charge in [-0.3, -0.25) is 4.79 Å². The van der Waals surface area contributed by atoms with Crippen molar-refractivity contribution in [3.8, 4) is 11.5 Å². The number of alkyl halides is 3. The molecule has 0 unspecified atom stereocenters. The van der Waals surface area contributed by atoms with Crippen molar-refractivity contribution in [2.45, 2.75) is 18.6 Å². The number of carbonyl (C=O) groups is 1. The number of fused-ring (bicyclic) bond motifs is 1. The molecule has 0 saturated carbocycles. The van der Waals surface area contributed by atoms with E-state index in [0.29, 0.717) is 28.5 Å². The lowest BCUT2D eigenvalue weighted by Gasteiger charge is -2.38. The summed E-state index contributed by atoms with van der Waals surface area (Å²) in [4.78, 5) is 15.0. The molecule has 1 atom stereocenters. The SMILES string of the molecule is COc1cc2c(cc1OC)[C@H](c1cccc(Cl)c1)N(C(=O)c1ccccc1C(F)(F)F)CC2. The van der Waals surface area contributed by atoms with Crippen molar-refractivity contribution >= 4 is 17.5 Å². The van der Waals surface area contributed by atoms with E-state index < -0.39 is 23.7 Å². The van der Waals surface area contributed by atoms with Gasteiger partial charge in [0.05, 0.1) is 31.4 Å². The Morgan fingerprint density at radius 2 is 1.70 bits per heavy atom. The van der Waals surface area contributed by atoms with Crippen LogP contribution in [0.2, 0.25) is 5.02 Å². The number of rotatable bonds is 4. The zero-order valence-electron chi connectivity index (χ0n) is 17.9. The van der Waals surface area contributed by atoms with Crippen molar-refractivity contribution in [2.75, 3.05) is 20.8 Å². The molecule has 0 N–H and O–H groups in total. The van der Waals surface area contributed by atoms with Crippen LogP contribution < -0.4 is 9.47 Å². The largest absolute Gasteiger partial charge is 0.493 e. The fourth-order valence-electron chi connectivity index (χ4n) is 4.27. The molecule has 0 radical (unpaired) electrons. The van der Waals surface area contributed by atoms with E-state index in [2.05, 4.69) is 0 Å². The van der Waals surface area contributed by atoms with Crippen LogP contribution in [-0.4, -0.2) is 31.6 Å². The van der Waals surface area contributed by atoms with Crippen molar-refractivity contribution in [3.05, 3.63) is 93.5 Å². The third-order valence-electron chi connectivity index (χ3n) is 5.76. The second-order valence-electron chi connectivity index (χ2n) is 7.66. The van der Waals surface area contributed by atoms with Gasteiger partial charge in [0.2, 0.25) is 0 Å². The summed E-state index contributed by atoms with van der Waals surface area (Å²) in [6.07, 6.45) is -4.20. The van der Waals surface area contributed by atoms with Crippen LogP contribution in [0.15, 0.2) is 60.7 Å². The first-order valence-electron chi connectivity index (χ1n) is 10.2. The van der Waals surface area contributed by atoms with Gasteiger partial charge in [0.1, 0.15) is 0 Å². The van der Waals surface area contributed by atoms with E-state index in [1.165, 1.54) is 37.3 Å². The summed E-state index contributed by atoms with van der Waals surface area (Å²) in [5.74, 6) is 0.310. The van der Waals surface area contributed by atoms with E-state index in [9.17, 15) is 18.0 Å². The molecular weight excluding hydrogens is 455 g/mol. The molecular formula is C25H21ClF3NO3. The number of halogens is 4. The molecule has 172 valence electrons. The number of carbonyl (C=O) groups excluding carboxylic acids is 1. The summed E-state index contributed by atoms with van der Waals surface area (Å²) in [6, 6.07) is 14.8. The first-order valence-corrected chi connectivity index (χ1v) is 10.6. The molecule has 1 aliphatic rings. The molecule has 1 amide bonds. The van der Waals surface area contributed by atoms with Crippen molar-refractivity contribution in [3.63, 3.8) is 0 Å². The fraction of sp³-hybridized carbons (Fsp3) is 0.240. The lowest BCUT2D eigenvalue weighted by molar-refractivity contribution is -0.138. The molecule has 0 aliphatic carbocycles. The van der Waals surface area contributed by atoms with Crippen molar-refractivity contribution in [1.82, 2.24) is 4.90 Å². The molecule has 33 heavy (non-hydrogen) atoms. The van der Waals surface area contributed by atoms with E-state index in [1.54, 1.807) is 30.3 Å². The van der Waals surface area contributed by atoms with Crippen LogP contribution in [0, 0.1) is 0 Å². The van der Waals surface area contributed by atoms with Crippen molar-refractivity contribution in [1.29, 1.82) is 0 Å². The van der Waals surface area contributed by atoms with Crippen LogP contribution >= 0.6 is 11.6 Å². The highest BCUT2D eigenvalue weighted by molar-refractivity contribution is 6.30. The number of hydrogen-bond acceptors (Lipinski definition) is 3. The minimum Gasteiger partial charge on any atom is -0.493 e. The van der Waals surface area contributed by atoms with Crippen LogP contribution in [0.5, 0.6) is 11.5 Å². The molecule has 1 aliphatic heterocycles. The summed E-state index contributed by atoms with van der Waals surface area (Å²) >= 11 is 6.23. The molecule has 0 spiro atoms. The number of methoxy groups -OCH3 is 2. The molecule has 0 fully saturated rings. The summed E-state index contributed by atoms with van der Waals surface area (Å²) in [5.41, 5.74) is 1.01. The summed E-state index contributed by atoms with van der Waals surface area (Å²) in [5, 5.41) is 0.461. The minimum absolute atomic E-state index is 0.227. The van der Waals surface area contributed by atoms with Crippen molar-refractivity contribution < 1.29 is 27.4 Å². The van der Waals surface area contributed by atoms with Gasteiger partial charge in [0.15, 0.2) is 11.5 Å². The maximum absolute atomic E-state index is 13.7. The van der Waals surface area contributed by atoms with E-state index in [0.717, 1.165) is 17.2 Å². The number of amides is 1. The topological polar surface area (TPSA) is 38.8 Å². The lowest BCUT2D eigenvalue weighted by atomic mass is 9.87. The zero-order chi connectivity index (χ0) is 23.8. The molecule has 0 saturated heterocycles. The Morgan fingerprint density at radius 3 is 2.36 bits per heavy atom. The summed E-state index contributed by atoms with van der Waals surface area (Å²) in [6.45, 7) is 0.227. The van der Waals surface area contributed by atoms with Gasteiger partial charge in [-0.05, 0) is 59.5 Å². The van der Waals surface area contributed by atoms with Gasteiger partial charge in [0.25, 0.3) is 5.91 Å². The predicted molar refractivity (Wildman–Crippen MR) is 119 cm³/mol. The smallest absolute Gasteiger partial charge is 0.417 e. The van der Waals surface area contributed by atoms with E-state index in [-0.39, 0.29) is 12.1 Å². The second-order valence-corrected chi connectivity index (χ2v) is 8.09. The highest BCUT2D eigenvalue weighted by Crippen LogP contribution is 2.42. The fourth-order valence-corrected chi connectivity index (χ4v) is 4.47. The Balaban J connectivity index is 1.88. The molecule has 0 bridgehead atoms. The normalized spacial score (nSPS) is 15.7. The third kappa shape index (κ3) is 4.37. The highest BCUT2D eigenvalue weighted by Gasteiger charge is 2.39. The molecule has 0 aromatic heterocycles. The summed E-state index contributed by atoms with van der Waals surface area (Å²) < 4.78 is 51.8. The van der Waals surface area contributed by atoms with Gasteiger partial charge < -0.3 is 14.4 Å². The molecule has 1 heterocycles. The van der Waals surface area contributed by atoms with Gasteiger partial charge >= 0.3 is 6.18 Å². The average molecular weight is 476 g/mol. The van der Waals surface area contributed by atoms with Gasteiger partial charge in [-0.25, -0.2) is 0 Å². The maximum atomic E-state index is 13.7. The molecule has 4 rings (SSSR count). The van der Waals surface area contributed by atoms with Gasteiger partial charge in [-0.15, -0.1) is 0 Å². The maximum Gasteiger partial charge on any atom is 0.417 e.